The number of aliphatic hydroxyl groups is 4. The van der Waals surface area contributed by atoms with Crippen LogP contribution in [-0.2, 0) is 68.4 Å². The summed E-state index contributed by atoms with van der Waals surface area (Å²) in [5.41, 5.74) is 4.32. The summed E-state index contributed by atoms with van der Waals surface area (Å²) in [5, 5.41) is 46.3. The number of rotatable bonds is 15. The van der Waals surface area contributed by atoms with Crippen molar-refractivity contribution >= 4 is 35.6 Å². The van der Waals surface area contributed by atoms with E-state index in [4.69, 9.17) is 53.1 Å². The molecule has 1 saturated carbocycles. The highest BCUT2D eigenvalue weighted by Crippen LogP contribution is 2.72. The molecule has 6 aliphatic rings. The van der Waals surface area contributed by atoms with Gasteiger partial charge in [0.25, 0.3) is 0 Å². The number of nitrogens with two attached hydrogens (primary N) is 1. The van der Waals surface area contributed by atoms with Crippen LogP contribution >= 0.6 is 0 Å². The predicted molar refractivity (Wildman–Crippen MR) is 241 cm³/mol. The summed E-state index contributed by atoms with van der Waals surface area (Å²) in [4.78, 5) is 66.9. The number of allylic oxidation sites excluding steroid dienone is 3. The molecule has 0 unspecified atom stereocenters. The normalized spacial score (nSPS) is 36.2. The van der Waals surface area contributed by atoms with Crippen LogP contribution in [-0.4, -0.2) is 170 Å². The second kappa shape index (κ2) is 23.0. The van der Waals surface area contributed by atoms with E-state index >= 15 is 0 Å². The van der Waals surface area contributed by atoms with Gasteiger partial charge in [0, 0.05) is 30.5 Å². The average Bonchev–Trinajstić information content (AvgIpc) is 4.12. The molecule has 4 heterocycles. The second-order valence-corrected chi connectivity index (χ2v) is 18.7. The second-order valence-electron chi connectivity index (χ2n) is 18.7. The lowest BCUT2D eigenvalue weighted by molar-refractivity contribution is -0.277. The smallest absolute Gasteiger partial charge is 0.408 e. The van der Waals surface area contributed by atoms with Gasteiger partial charge < -0.3 is 84.2 Å². The van der Waals surface area contributed by atoms with E-state index in [1.54, 1.807) is 6.92 Å². The Bertz CT molecular complexity index is 2150. The number of cyclic esters (lactones) is 2. The Labute approximate surface area is 404 Å². The first-order chi connectivity index (χ1) is 33.5. The summed E-state index contributed by atoms with van der Waals surface area (Å²) in [7, 11) is 0. The first kappa shape index (κ1) is 52.8. The molecule has 2 bridgehead atoms. The maximum Gasteiger partial charge on any atom is 0.408 e. The third-order valence-corrected chi connectivity index (χ3v) is 14.3. The number of esters is 3. The molecule has 386 valence electrons. The molecule has 8 N–H and O–H groups in total. The van der Waals surface area contributed by atoms with E-state index in [1.165, 1.54) is 36.4 Å². The van der Waals surface area contributed by atoms with Crippen LogP contribution in [0.2, 0.25) is 0 Å². The van der Waals surface area contributed by atoms with Crippen molar-refractivity contribution in [2.75, 3.05) is 64.7 Å². The van der Waals surface area contributed by atoms with Gasteiger partial charge in [0.05, 0.1) is 76.0 Å². The molecule has 7 rings (SSSR count). The number of ether oxygens (including phenoxy) is 10. The van der Waals surface area contributed by atoms with Crippen LogP contribution in [0.1, 0.15) is 58.4 Å². The van der Waals surface area contributed by atoms with Gasteiger partial charge in [0.1, 0.15) is 61.1 Å². The van der Waals surface area contributed by atoms with Crippen LogP contribution in [0, 0.1) is 16.7 Å². The molecule has 4 fully saturated rings. The van der Waals surface area contributed by atoms with Gasteiger partial charge in [-0.15, -0.1) is 0 Å². The highest BCUT2D eigenvalue weighted by atomic mass is 16.7. The molecule has 1 aromatic carbocycles. The Hall–Kier alpha value is -5.01. The van der Waals surface area contributed by atoms with Crippen LogP contribution in [0.5, 0.6) is 5.75 Å². The van der Waals surface area contributed by atoms with E-state index in [2.05, 4.69) is 10.6 Å². The minimum Gasteiger partial charge on any atom is -0.463 e. The number of nitrogens with one attached hydrogen (secondary N) is 2. The molecule has 13 atom stereocenters. The lowest BCUT2D eigenvalue weighted by Gasteiger charge is -2.58. The van der Waals surface area contributed by atoms with Crippen molar-refractivity contribution in [2.24, 2.45) is 22.5 Å². The molecule has 22 heteroatoms. The van der Waals surface area contributed by atoms with Gasteiger partial charge in [-0.25, -0.2) is 19.2 Å². The zero-order valence-electron chi connectivity index (χ0n) is 39.5. The summed E-state index contributed by atoms with van der Waals surface area (Å²) in [6.45, 7) is 5.90. The van der Waals surface area contributed by atoms with E-state index in [1.807, 2.05) is 19.9 Å². The maximum absolute atomic E-state index is 14.4. The zero-order chi connectivity index (χ0) is 50.2. The summed E-state index contributed by atoms with van der Waals surface area (Å²) in [6.07, 6.45) is -1.90. The van der Waals surface area contributed by atoms with Gasteiger partial charge in [-0.2, -0.15) is 0 Å². The van der Waals surface area contributed by atoms with E-state index < -0.39 is 114 Å². The lowest BCUT2D eigenvalue weighted by Crippen LogP contribution is -2.67. The minimum atomic E-state index is -1.76. The van der Waals surface area contributed by atoms with Crippen molar-refractivity contribution in [1.29, 1.82) is 0 Å². The number of aliphatic hydroxyl groups excluding tert-OH is 4. The van der Waals surface area contributed by atoms with Crippen molar-refractivity contribution in [3.8, 4) is 5.75 Å². The SMILES string of the molecule is CC1=C[C@H]2O[C@@H]3C[C@H]4OC(=O)/C=C\C=C\C(=O)OCC[C@@H](C)[C@@H](NC(=O)OCc5ccc(O[C@@H]6O[C@H](CO)[C@H](O)[C@H](O)[C@H]6O)c(NC(=O)CCOCCOCCN)c5)C(=O)OC[C@@]2(CC1)[C@]4(C)[C@]31CO1. The highest BCUT2D eigenvalue weighted by molar-refractivity contribution is 5.92. The number of hydrogen-bond acceptors (Lipinski definition) is 20. The van der Waals surface area contributed by atoms with Gasteiger partial charge in [0.15, 0.2) is 0 Å². The number of carbonyl (C=O) groups is 5. The minimum absolute atomic E-state index is 0.0276. The van der Waals surface area contributed by atoms with Crippen molar-refractivity contribution in [3.05, 3.63) is 59.7 Å². The molecule has 22 nitrogen and oxygen atoms in total. The van der Waals surface area contributed by atoms with E-state index in [0.717, 1.165) is 11.6 Å². The van der Waals surface area contributed by atoms with Crippen LogP contribution in [0.15, 0.2) is 54.2 Å². The molecule has 2 spiro atoms. The van der Waals surface area contributed by atoms with Crippen molar-refractivity contribution in [3.63, 3.8) is 0 Å². The number of hydrogen-bond donors (Lipinski definition) is 7. The third-order valence-electron chi connectivity index (χ3n) is 14.3. The zero-order valence-corrected chi connectivity index (χ0v) is 39.5. The molecule has 1 aromatic rings. The largest absolute Gasteiger partial charge is 0.463 e. The van der Waals surface area contributed by atoms with E-state index in [0.29, 0.717) is 44.6 Å². The van der Waals surface area contributed by atoms with Gasteiger partial charge in [-0.05, 0) is 49.8 Å². The molecule has 2 aliphatic carbocycles. The molecule has 70 heavy (non-hydrogen) atoms. The fourth-order valence-corrected chi connectivity index (χ4v) is 10.1. The Morgan fingerprint density at radius 2 is 1.67 bits per heavy atom. The number of epoxide rings is 1. The Morgan fingerprint density at radius 3 is 2.40 bits per heavy atom. The molecular weight excluding hydrogens is 923 g/mol. The monoisotopic (exact) mass is 987 g/mol. The number of benzene rings is 1. The quantitative estimate of drug-likeness (QED) is 0.0416. The maximum atomic E-state index is 14.4. The Morgan fingerprint density at radius 1 is 0.929 bits per heavy atom. The molecule has 2 amide bonds. The van der Waals surface area contributed by atoms with Crippen molar-refractivity contribution in [2.45, 2.75) is 120 Å². The predicted octanol–water partition coefficient (Wildman–Crippen LogP) is 0.604. The molecule has 0 radical (unpaired) electrons. The van der Waals surface area contributed by atoms with Crippen LogP contribution in [0.25, 0.3) is 0 Å². The molecule has 0 aromatic heterocycles. The number of carbonyl (C=O) groups excluding carboxylic acids is 5. The van der Waals surface area contributed by atoms with Crippen LogP contribution in [0.4, 0.5) is 10.5 Å². The number of amides is 2. The summed E-state index contributed by atoms with van der Waals surface area (Å²) < 4.78 is 58.4. The van der Waals surface area contributed by atoms with Gasteiger partial charge in [-0.3, -0.25) is 4.79 Å². The van der Waals surface area contributed by atoms with Crippen LogP contribution < -0.4 is 21.1 Å². The Balaban J connectivity index is 1.08. The standard InChI is InChI=1S/C48H65N3O19/c1-27-10-13-47-25-65-43(59)39(28(2)11-16-63-37(54)6-4-5-7-38(55)70-33-22-35(69-34(47)20-27)48(26-66-48)46(33,47)3)51-45(60)64-24-29-8-9-31(67-44-42(58)41(57)40(56)32(23-52)68-44)30(21-29)50-36(53)12-15-61-18-19-62-17-14-49/h4-9,20-21,28,32-35,39-42,44,52,56-58H,10-19,22-26,49H2,1-3H3,(H,50,53)(H,51,60)/b6-4+,7-5-/t28-,32-,33-,34-,35-,39-,40+,41+,42-,44-,46-,47-,48+/m1/s1. The van der Waals surface area contributed by atoms with Crippen molar-refractivity contribution < 1.29 is 91.8 Å². The Kier molecular flexibility index (Phi) is 17.4. The average molecular weight is 988 g/mol. The fraction of sp³-hybridized carbons (Fsp3) is 0.646. The van der Waals surface area contributed by atoms with Crippen molar-refractivity contribution in [1.82, 2.24) is 5.32 Å². The van der Waals surface area contributed by atoms with Gasteiger partial charge in [0.2, 0.25) is 12.2 Å². The van der Waals surface area contributed by atoms with Gasteiger partial charge in [-0.1, -0.05) is 43.7 Å². The molecular formula is C48H65N3O19. The first-order valence-corrected chi connectivity index (χ1v) is 23.6. The number of alkyl carbamates (subject to hydrolysis) is 1. The van der Waals surface area contributed by atoms with Crippen LogP contribution in [0.3, 0.4) is 0 Å². The summed E-state index contributed by atoms with van der Waals surface area (Å²) in [6, 6.07) is 2.98. The fourth-order valence-electron chi connectivity index (χ4n) is 10.1. The highest BCUT2D eigenvalue weighted by Gasteiger charge is 2.83. The topological polar surface area (TPSA) is 312 Å². The summed E-state index contributed by atoms with van der Waals surface area (Å²) in [5.74, 6) is -3.36. The molecule has 3 saturated heterocycles. The lowest BCUT2D eigenvalue weighted by atomic mass is 9.51. The van der Waals surface area contributed by atoms with E-state index in [9.17, 15) is 44.4 Å². The number of anilines is 1. The van der Waals surface area contributed by atoms with E-state index in [-0.39, 0.29) is 63.4 Å². The molecule has 4 aliphatic heterocycles. The third kappa shape index (κ3) is 11.4. The summed E-state index contributed by atoms with van der Waals surface area (Å²) >= 11 is 0. The van der Waals surface area contributed by atoms with Gasteiger partial charge >= 0.3 is 24.0 Å². The first-order valence-electron chi connectivity index (χ1n) is 23.6.